The quantitative estimate of drug-likeness (QED) is 0.503. The Kier molecular flexibility index (Phi) is 14.3. The van der Waals surface area contributed by atoms with E-state index in [0.29, 0.717) is 0 Å². The fourth-order valence-electron chi connectivity index (χ4n) is 0.753. The topological polar surface area (TPSA) is 52.0 Å². The van der Waals surface area contributed by atoms with E-state index < -0.39 is 12.8 Å². The minimum Gasteiger partial charge on any atom is -0.399 e. The molecule has 1 aromatic carbocycles. The molecule has 0 atom stereocenters. The molecule has 0 saturated heterocycles. The number of nitrogen functional groups attached to an aromatic ring is 2. The largest absolute Gasteiger partial charge is 0.399 e. The van der Waals surface area contributed by atoms with Crippen LogP contribution in [0.4, 0.5) is 11.4 Å². The average Bonchev–Trinajstić information content (AvgIpc) is 2.22. The molecule has 1 rings (SSSR count). The fraction of sp³-hybridized carbons (Fsp3) is 0.250. The summed E-state index contributed by atoms with van der Waals surface area (Å²) in [5.74, 6) is 0. The minimum atomic E-state index is -0.407. The maximum absolute atomic E-state index is 5.37. The Labute approximate surface area is 120 Å². The van der Waals surface area contributed by atoms with Crippen LogP contribution in [0.15, 0.2) is 24.3 Å². The molecule has 4 N–H and O–H groups in total. The van der Waals surface area contributed by atoms with Gasteiger partial charge in [-0.15, -0.1) is 6.82 Å². The second-order valence-electron chi connectivity index (χ2n) is 3.68. The molecular formula is C8H15B8N2. The van der Waals surface area contributed by atoms with Crippen LogP contribution in [0.2, 0.25) is 6.82 Å². The summed E-state index contributed by atoms with van der Waals surface area (Å²) >= 11 is 0. The van der Waals surface area contributed by atoms with Crippen LogP contribution < -0.4 is 11.5 Å². The molecule has 0 aromatic heterocycles. The maximum Gasteiger partial charge on any atom is 0.0413 e. The Balaban J connectivity index is -0.000000225. The van der Waals surface area contributed by atoms with E-state index >= 15 is 0 Å². The van der Waals surface area contributed by atoms with Gasteiger partial charge >= 0.3 is 0 Å². The van der Waals surface area contributed by atoms with Gasteiger partial charge in [0, 0.05) is 70.0 Å². The van der Waals surface area contributed by atoms with Crippen molar-refractivity contribution in [2.75, 3.05) is 11.5 Å². The molecule has 0 heterocycles. The smallest absolute Gasteiger partial charge is 0.0413 e. The van der Waals surface area contributed by atoms with Gasteiger partial charge in [0.1, 0.15) is 0 Å². The van der Waals surface area contributed by atoms with Crippen molar-refractivity contribution in [3.63, 3.8) is 0 Å². The van der Waals surface area contributed by atoms with Crippen LogP contribution in [-0.4, -0.2) is 58.6 Å². The molecule has 0 aliphatic carbocycles. The molecular weight excluding hydrogens is 211 g/mol. The molecule has 0 amide bonds. The summed E-state index contributed by atoms with van der Waals surface area (Å²) in [6, 6.07) is 7.09. The Hall–Kier alpha value is -0.661. The van der Waals surface area contributed by atoms with E-state index in [0.717, 1.165) is 11.4 Å². The Morgan fingerprint density at radius 2 is 1.06 bits per heavy atom. The predicted molar refractivity (Wildman–Crippen MR) is 93.9 cm³/mol. The van der Waals surface area contributed by atoms with Gasteiger partial charge in [-0.05, 0) is 24.3 Å². The zero-order valence-corrected chi connectivity index (χ0v) is 10.1. The van der Waals surface area contributed by atoms with E-state index in [-0.39, 0.29) is 22.3 Å². The number of benzene rings is 1. The van der Waals surface area contributed by atoms with Crippen molar-refractivity contribution >= 4 is 70.0 Å². The van der Waals surface area contributed by atoms with Gasteiger partial charge in [-0.25, -0.2) is 0 Å². The third-order valence-corrected chi connectivity index (χ3v) is 2.15. The lowest BCUT2D eigenvalue weighted by atomic mass is 8.73. The van der Waals surface area contributed by atoms with Gasteiger partial charge in [0.15, 0.2) is 0 Å². The molecule has 0 aliphatic rings. The number of rotatable bonds is 2. The van der Waals surface area contributed by atoms with Crippen LogP contribution in [-0.2, 0) is 0 Å². The van der Waals surface area contributed by atoms with Crippen LogP contribution in [0, 0.1) is 0 Å². The highest BCUT2D eigenvalue weighted by Crippen LogP contribution is 2.04. The van der Waals surface area contributed by atoms with Gasteiger partial charge in [-0.2, -0.15) is 0 Å². The summed E-state index contributed by atoms with van der Waals surface area (Å²) < 4.78 is 0. The fourth-order valence-corrected chi connectivity index (χ4v) is 0.753. The molecule has 0 bridgehead atoms. The highest BCUT2D eigenvalue weighted by molar-refractivity contribution is 7.81. The summed E-state index contributed by atoms with van der Waals surface area (Å²) in [4.78, 5) is 0. The van der Waals surface area contributed by atoms with Crippen molar-refractivity contribution in [3.05, 3.63) is 24.3 Å². The molecule has 2 nitrogen and oxygen atoms in total. The van der Waals surface area contributed by atoms with E-state index in [1.165, 1.54) is 0 Å². The lowest BCUT2D eigenvalue weighted by Crippen LogP contribution is -2.48. The second kappa shape index (κ2) is 11.4. The van der Waals surface area contributed by atoms with Crippen molar-refractivity contribution in [2.45, 2.75) is 14.2 Å². The first kappa shape index (κ1) is 22.5. The number of anilines is 2. The molecule has 0 fully saturated rings. The third-order valence-electron chi connectivity index (χ3n) is 2.15. The van der Waals surface area contributed by atoms with E-state index in [1.807, 2.05) is 6.82 Å². The van der Waals surface area contributed by atoms with E-state index in [2.05, 4.69) is 0 Å². The van der Waals surface area contributed by atoms with Crippen LogP contribution in [0.1, 0.15) is 7.43 Å². The van der Waals surface area contributed by atoms with E-state index in [1.54, 1.807) is 24.3 Å². The average molecular weight is 226 g/mol. The summed E-state index contributed by atoms with van der Waals surface area (Å²) in [6.07, 6.45) is -0.815. The van der Waals surface area contributed by atoms with E-state index in [4.69, 9.17) is 42.4 Å². The lowest BCUT2D eigenvalue weighted by molar-refractivity contribution is 1.67. The lowest BCUT2D eigenvalue weighted by Gasteiger charge is -2.13. The molecule has 10 heteroatoms. The second-order valence-corrected chi connectivity index (χ2v) is 3.68. The van der Waals surface area contributed by atoms with E-state index in [9.17, 15) is 0 Å². The number of hydrogen-bond donors (Lipinski definition) is 2. The molecule has 18 heavy (non-hydrogen) atoms. The van der Waals surface area contributed by atoms with Gasteiger partial charge in [0.2, 0.25) is 0 Å². The highest BCUT2D eigenvalue weighted by Gasteiger charge is 2.15. The van der Waals surface area contributed by atoms with Crippen LogP contribution in [0.25, 0.3) is 0 Å². The highest BCUT2D eigenvalue weighted by atomic mass is 14.6. The monoisotopic (exact) mass is 227 g/mol. The van der Waals surface area contributed by atoms with Crippen molar-refractivity contribution in [1.82, 2.24) is 0 Å². The molecule has 0 unspecified atom stereocenters. The Morgan fingerprint density at radius 1 is 0.833 bits per heavy atom. The summed E-state index contributed by atoms with van der Waals surface area (Å²) in [5, 5.41) is 0. The third kappa shape index (κ3) is 10.5. The summed E-state index contributed by atoms with van der Waals surface area (Å²) in [7, 11) is 21.0. The van der Waals surface area contributed by atoms with Gasteiger partial charge in [-0.1, -0.05) is 7.43 Å². The minimum absolute atomic E-state index is 0. The number of nitrogens with two attached hydrogens (primary N) is 2. The molecule has 81 valence electrons. The standard InChI is InChI=1S/C6H8N2.CH3B7.CH4.B/c7-5-1-2-6(8)4-3-5;1-6(7(2)3)8(4)5;;/h1-4H,7-8H2;1H3;1H4;. The van der Waals surface area contributed by atoms with Crippen molar-refractivity contribution in [1.29, 1.82) is 0 Å². The van der Waals surface area contributed by atoms with Crippen molar-refractivity contribution < 1.29 is 0 Å². The molecule has 0 spiro atoms. The van der Waals surface area contributed by atoms with Gasteiger partial charge < -0.3 is 11.5 Å². The predicted octanol–water partition coefficient (Wildman–Crippen LogP) is -0.975. The first-order chi connectivity index (χ1) is 7.34. The Morgan fingerprint density at radius 3 is 1.17 bits per heavy atom. The maximum atomic E-state index is 5.37. The molecule has 0 aliphatic heterocycles. The first-order valence-electron chi connectivity index (χ1n) is 4.98. The van der Waals surface area contributed by atoms with Crippen molar-refractivity contribution in [3.8, 4) is 0 Å². The van der Waals surface area contributed by atoms with Crippen molar-refractivity contribution in [2.24, 2.45) is 0 Å². The normalized spacial score (nSPS) is 7.61. The summed E-state index contributed by atoms with van der Waals surface area (Å²) in [5.41, 5.74) is 12.2. The molecule has 1 aromatic rings. The van der Waals surface area contributed by atoms with Gasteiger partial charge in [-0.3, -0.25) is 0 Å². The van der Waals surface area contributed by atoms with Gasteiger partial charge in [0.05, 0.1) is 0 Å². The molecule has 0 saturated carbocycles. The zero-order valence-electron chi connectivity index (χ0n) is 10.1. The number of hydrogen-bond acceptors (Lipinski definition) is 2. The Bertz CT molecular complexity index is 263. The first-order valence-corrected chi connectivity index (χ1v) is 4.98. The van der Waals surface area contributed by atoms with Gasteiger partial charge in [0.25, 0.3) is 0 Å². The zero-order chi connectivity index (χ0) is 12.7. The SMILES string of the molecule is C.Nc1ccc(N)cc1.[B].[B]B([B])B(C)B([B])[B]. The molecule has 11 radical (unpaired) electrons. The van der Waals surface area contributed by atoms with Crippen LogP contribution in [0.5, 0.6) is 0 Å². The van der Waals surface area contributed by atoms with Crippen LogP contribution in [0.3, 0.4) is 0 Å². The van der Waals surface area contributed by atoms with Crippen LogP contribution >= 0.6 is 0 Å². The summed E-state index contributed by atoms with van der Waals surface area (Å²) in [6.45, 7) is 1.80.